The second-order valence-corrected chi connectivity index (χ2v) is 4.12. The number of ether oxygens (including phenoxy) is 1. The molecule has 1 aromatic carbocycles. The van der Waals surface area contributed by atoms with E-state index in [1.807, 2.05) is 43.6 Å². The molecule has 0 unspecified atom stereocenters. The monoisotopic (exact) mass is 242 g/mol. The summed E-state index contributed by atoms with van der Waals surface area (Å²) in [6.45, 7) is 1.49. The number of aromatic nitrogens is 1. The van der Waals surface area contributed by atoms with E-state index in [1.54, 1.807) is 0 Å². The van der Waals surface area contributed by atoms with Crippen molar-refractivity contribution in [3.8, 4) is 5.88 Å². The van der Waals surface area contributed by atoms with Crippen LogP contribution in [0.25, 0.3) is 0 Å². The lowest BCUT2D eigenvalue weighted by Gasteiger charge is -2.06. The average Bonchev–Trinajstić information content (AvgIpc) is 2.42. The van der Waals surface area contributed by atoms with Gasteiger partial charge >= 0.3 is 0 Å². The van der Waals surface area contributed by atoms with E-state index < -0.39 is 0 Å². The third-order valence-corrected chi connectivity index (χ3v) is 2.66. The molecule has 0 spiro atoms. The largest absolute Gasteiger partial charge is 0.477 e. The van der Waals surface area contributed by atoms with Crippen LogP contribution in [0.15, 0.2) is 48.7 Å². The first-order valence-corrected chi connectivity index (χ1v) is 6.15. The molecular formula is C15H18N2O. The van der Waals surface area contributed by atoms with Gasteiger partial charge in [-0.15, -0.1) is 0 Å². The summed E-state index contributed by atoms with van der Waals surface area (Å²) < 4.78 is 5.61. The molecule has 0 aliphatic heterocycles. The SMILES string of the molecule is CNCc1ccc(OCCc2ccccc2)nc1. The Morgan fingerprint density at radius 3 is 2.56 bits per heavy atom. The van der Waals surface area contributed by atoms with Crippen LogP contribution in [0.4, 0.5) is 0 Å². The van der Waals surface area contributed by atoms with Crippen LogP contribution in [0.3, 0.4) is 0 Å². The lowest BCUT2D eigenvalue weighted by molar-refractivity contribution is 0.309. The standard InChI is InChI=1S/C15H18N2O/c1-16-11-14-7-8-15(17-12-14)18-10-9-13-5-3-2-4-6-13/h2-8,12,16H,9-11H2,1H3. The minimum Gasteiger partial charge on any atom is -0.477 e. The van der Waals surface area contributed by atoms with Gasteiger partial charge in [0.15, 0.2) is 0 Å². The number of hydrogen-bond donors (Lipinski definition) is 1. The minimum atomic E-state index is 0.655. The summed E-state index contributed by atoms with van der Waals surface area (Å²) in [5.74, 6) is 0.686. The summed E-state index contributed by atoms with van der Waals surface area (Å²) in [5.41, 5.74) is 2.44. The Labute approximate surface area is 108 Å². The number of benzene rings is 1. The molecule has 1 N–H and O–H groups in total. The minimum absolute atomic E-state index is 0.655. The van der Waals surface area contributed by atoms with Crippen molar-refractivity contribution in [3.05, 3.63) is 59.8 Å². The second kappa shape index (κ2) is 6.77. The molecule has 0 bridgehead atoms. The van der Waals surface area contributed by atoms with Crippen LogP contribution in [0.5, 0.6) is 5.88 Å². The van der Waals surface area contributed by atoms with Gasteiger partial charge in [-0.1, -0.05) is 36.4 Å². The number of rotatable bonds is 6. The summed E-state index contributed by atoms with van der Waals surface area (Å²) in [5, 5.41) is 3.09. The van der Waals surface area contributed by atoms with Crippen molar-refractivity contribution < 1.29 is 4.74 Å². The molecule has 3 heteroatoms. The first kappa shape index (κ1) is 12.6. The third kappa shape index (κ3) is 3.86. The average molecular weight is 242 g/mol. The van der Waals surface area contributed by atoms with Crippen molar-refractivity contribution in [2.75, 3.05) is 13.7 Å². The summed E-state index contributed by atoms with van der Waals surface area (Å²) >= 11 is 0. The number of nitrogens with one attached hydrogen (secondary N) is 1. The van der Waals surface area contributed by atoms with Gasteiger partial charge in [-0.05, 0) is 18.2 Å². The zero-order valence-corrected chi connectivity index (χ0v) is 10.6. The Bertz CT molecular complexity index is 454. The molecule has 18 heavy (non-hydrogen) atoms. The van der Waals surface area contributed by atoms with Gasteiger partial charge in [0.05, 0.1) is 6.61 Å². The molecule has 1 aromatic heterocycles. The maximum Gasteiger partial charge on any atom is 0.213 e. The van der Waals surface area contributed by atoms with Gasteiger partial charge in [0.1, 0.15) is 0 Å². The molecule has 0 aliphatic rings. The third-order valence-electron chi connectivity index (χ3n) is 2.66. The summed E-state index contributed by atoms with van der Waals surface area (Å²) in [4.78, 5) is 4.27. The van der Waals surface area contributed by atoms with Gasteiger partial charge in [-0.25, -0.2) is 4.98 Å². The first-order chi connectivity index (χ1) is 8.88. The summed E-state index contributed by atoms with van der Waals surface area (Å²) in [6, 6.07) is 14.3. The van der Waals surface area contributed by atoms with E-state index in [4.69, 9.17) is 4.74 Å². The second-order valence-electron chi connectivity index (χ2n) is 4.12. The number of pyridine rings is 1. The topological polar surface area (TPSA) is 34.1 Å². The summed E-state index contributed by atoms with van der Waals surface area (Å²) in [6.07, 6.45) is 2.75. The Kier molecular flexibility index (Phi) is 4.73. The quantitative estimate of drug-likeness (QED) is 0.844. The zero-order chi connectivity index (χ0) is 12.6. The molecule has 2 aromatic rings. The van der Waals surface area contributed by atoms with Crippen LogP contribution < -0.4 is 10.1 Å². The zero-order valence-electron chi connectivity index (χ0n) is 10.6. The van der Waals surface area contributed by atoms with Gasteiger partial charge < -0.3 is 10.1 Å². The Balaban J connectivity index is 1.80. The highest BCUT2D eigenvalue weighted by atomic mass is 16.5. The van der Waals surface area contributed by atoms with Gasteiger partial charge in [0.2, 0.25) is 5.88 Å². The Morgan fingerprint density at radius 1 is 1.06 bits per heavy atom. The van der Waals surface area contributed by atoms with Gasteiger partial charge in [-0.2, -0.15) is 0 Å². The Morgan fingerprint density at radius 2 is 1.89 bits per heavy atom. The van der Waals surface area contributed by atoms with Crippen molar-refractivity contribution in [2.24, 2.45) is 0 Å². The molecular weight excluding hydrogens is 224 g/mol. The molecule has 0 fully saturated rings. The van der Waals surface area contributed by atoms with Gasteiger partial charge in [-0.3, -0.25) is 0 Å². The van der Waals surface area contributed by atoms with Crippen LogP contribution in [0.1, 0.15) is 11.1 Å². The molecule has 0 saturated carbocycles. The fraction of sp³-hybridized carbons (Fsp3) is 0.267. The highest BCUT2D eigenvalue weighted by Gasteiger charge is 1.97. The summed E-state index contributed by atoms with van der Waals surface area (Å²) in [7, 11) is 1.92. The van der Waals surface area contributed by atoms with Crippen molar-refractivity contribution in [1.82, 2.24) is 10.3 Å². The molecule has 1 heterocycles. The maximum absolute atomic E-state index is 5.61. The van der Waals surface area contributed by atoms with Crippen molar-refractivity contribution >= 4 is 0 Å². The van der Waals surface area contributed by atoms with E-state index >= 15 is 0 Å². The molecule has 94 valence electrons. The highest BCUT2D eigenvalue weighted by Crippen LogP contribution is 2.08. The van der Waals surface area contributed by atoms with Crippen LogP contribution >= 0.6 is 0 Å². The number of hydrogen-bond acceptors (Lipinski definition) is 3. The molecule has 0 amide bonds. The van der Waals surface area contributed by atoms with E-state index in [0.29, 0.717) is 12.5 Å². The number of nitrogens with zero attached hydrogens (tertiary/aromatic N) is 1. The maximum atomic E-state index is 5.61. The molecule has 3 nitrogen and oxygen atoms in total. The smallest absolute Gasteiger partial charge is 0.213 e. The fourth-order valence-electron chi connectivity index (χ4n) is 1.72. The van der Waals surface area contributed by atoms with Crippen LogP contribution in [-0.2, 0) is 13.0 Å². The predicted molar refractivity (Wildman–Crippen MR) is 72.6 cm³/mol. The normalized spacial score (nSPS) is 10.3. The van der Waals surface area contributed by atoms with E-state index in [0.717, 1.165) is 18.5 Å². The van der Waals surface area contributed by atoms with Crippen LogP contribution in [0.2, 0.25) is 0 Å². The van der Waals surface area contributed by atoms with E-state index in [-0.39, 0.29) is 0 Å². The Hall–Kier alpha value is -1.87. The van der Waals surface area contributed by atoms with Crippen molar-refractivity contribution in [1.29, 1.82) is 0 Å². The van der Waals surface area contributed by atoms with Crippen LogP contribution in [-0.4, -0.2) is 18.6 Å². The predicted octanol–water partition coefficient (Wildman–Crippen LogP) is 2.42. The van der Waals surface area contributed by atoms with Crippen molar-refractivity contribution in [2.45, 2.75) is 13.0 Å². The van der Waals surface area contributed by atoms with E-state index in [9.17, 15) is 0 Å². The molecule has 0 radical (unpaired) electrons. The molecule has 0 aliphatic carbocycles. The molecule has 2 rings (SSSR count). The lowest BCUT2D eigenvalue weighted by atomic mass is 10.2. The molecule has 0 saturated heterocycles. The van der Waals surface area contributed by atoms with Crippen LogP contribution in [0, 0.1) is 0 Å². The fourth-order valence-corrected chi connectivity index (χ4v) is 1.72. The lowest BCUT2D eigenvalue weighted by Crippen LogP contribution is -2.06. The highest BCUT2D eigenvalue weighted by molar-refractivity contribution is 5.18. The molecule has 0 atom stereocenters. The van der Waals surface area contributed by atoms with E-state index in [1.165, 1.54) is 5.56 Å². The van der Waals surface area contributed by atoms with Gasteiger partial charge in [0.25, 0.3) is 0 Å². The van der Waals surface area contributed by atoms with E-state index in [2.05, 4.69) is 22.4 Å². The first-order valence-electron chi connectivity index (χ1n) is 6.15. The van der Waals surface area contributed by atoms with Gasteiger partial charge in [0, 0.05) is 25.2 Å². The van der Waals surface area contributed by atoms with Crippen molar-refractivity contribution in [3.63, 3.8) is 0 Å².